The number of para-hydroxylation sites is 1. The van der Waals surface area contributed by atoms with Crippen molar-refractivity contribution in [3.63, 3.8) is 0 Å². The van der Waals surface area contributed by atoms with Crippen LogP contribution in [0.5, 0.6) is 0 Å². The first kappa shape index (κ1) is 14.3. The number of nitrogens with zero attached hydrogens (tertiary/aromatic N) is 4. The Balaban J connectivity index is 2.09. The van der Waals surface area contributed by atoms with Gasteiger partial charge in [-0.3, -0.25) is 4.79 Å². The Kier molecular flexibility index (Phi) is 4.89. The summed E-state index contributed by atoms with van der Waals surface area (Å²) in [5, 5.41) is 14.6. The molecular weight excluding hydrogens is 274 g/mol. The van der Waals surface area contributed by atoms with E-state index in [4.69, 9.17) is 0 Å². The number of nitrogens with one attached hydrogen (secondary N) is 1. The minimum Gasteiger partial charge on any atom is -0.352 e. The zero-order valence-corrected chi connectivity index (χ0v) is 11.9. The fraction of sp³-hybridized carbons (Fsp3) is 0.231. The van der Waals surface area contributed by atoms with E-state index in [9.17, 15) is 4.79 Å². The van der Waals surface area contributed by atoms with Crippen LogP contribution in [0.4, 0.5) is 0 Å². The lowest BCUT2D eigenvalue weighted by Crippen LogP contribution is -2.31. The molecule has 1 aromatic heterocycles. The summed E-state index contributed by atoms with van der Waals surface area (Å²) in [5.74, 6) is -0.0717. The predicted molar refractivity (Wildman–Crippen MR) is 77.7 cm³/mol. The Bertz CT molecular complexity index is 583. The van der Waals surface area contributed by atoms with Gasteiger partial charge < -0.3 is 5.32 Å². The quantitative estimate of drug-likeness (QED) is 0.643. The van der Waals surface area contributed by atoms with Gasteiger partial charge in [0.15, 0.2) is 0 Å². The average molecular weight is 289 g/mol. The minimum absolute atomic E-state index is 0.0717. The topological polar surface area (TPSA) is 72.7 Å². The average Bonchev–Trinajstić information content (AvgIpc) is 2.93. The van der Waals surface area contributed by atoms with E-state index in [0.717, 1.165) is 5.69 Å². The molecule has 2 rings (SSSR count). The molecule has 0 spiro atoms. The number of amides is 1. The Hall–Kier alpha value is -2.15. The molecule has 0 radical (unpaired) electrons. The molecule has 0 aliphatic heterocycles. The van der Waals surface area contributed by atoms with E-state index in [2.05, 4.69) is 27.4 Å². The van der Waals surface area contributed by atoms with Crippen LogP contribution < -0.4 is 5.32 Å². The number of rotatable bonds is 6. The Labute approximate surface area is 121 Å². The molecule has 1 heterocycles. The van der Waals surface area contributed by atoms with Gasteiger partial charge in [0, 0.05) is 6.54 Å². The number of hydrogen-bond acceptors (Lipinski definition) is 5. The molecule has 1 aromatic carbocycles. The standard InChI is InChI=1S/C13H15N5OS/c1-3-9-14-12(19)10(2)20-13-15-16-17-18(13)11-7-5-4-6-8-11/h3-8,10H,1,9H2,2H3,(H,14,19). The van der Waals surface area contributed by atoms with Crippen LogP contribution >= 0.6 is 11.8 Å². The predicted octanol–water partition coefficient (Wildman–Crippen LogP) is 1.45. The van der Waals surface area contributed by atoms with Crippen LogP contribution in [0.1, 0.15) is 6.92 Å². The lowest BCUT2D eigenvalue weighted by molar-refractivity contribution is -0.120. The van der Waals surface area contributed by atoms with Crippen molar-refractivity contribution in [2.24, 2.45) is 0 Å². The van der Waals surface area contributed by atoms with E-state index in [1.807, 2.05) is 37.3 Å². The second kappa shape index (κ2) is 6.85. The molecule has 6 nitrogen and oxygen atoms in total. The van der Waals surface area contributed by atoms with Gasteiger partial charge in [-0.05, 0) is 29.5 Å². The van der Waals surface area contributed by atoms with Crippen molar-refractivity contribution in [2.45, 2.75) is 17.3 Å². The van der Waals surface area contributed by atoms with E-state index < -0.39 is 0 Å². The molecule has 1 amide bonds. The van der Waals surface area contributed by atoms with Crippen LogP contribution in [0.25, 0.3) is 5.69 Å². The number of hydrogen-bond donors (Lipinski definition) is 1. The Morgan fingerprint density at radius 1 is 1.50 bits per heavy atom. The highest BCUT2D eigenvalue weighted by molar-refractivity contribution is 8.00. The number of tetrazole rings is 1. The van der Waals surface area contributed by atoms with Gasteiger partial charge in [-0.2, -0.15) is 4.68 Å². The van der Waals surface area contributed by atoms with Crippen LogP contribution in [0, 0.1) is 0 Å². The van der Waals surface area contributed by atoms with E-state index in [0.29, 0.717) is 11.7 Å². The number of carbonyl (C=O) groups is 1. The minimum atomic E-state index is -0.289. The summed E-state index contributed by atoms with van der Waals surface area (Å²) in [7, 11) is 0. The van der Waals surface area contributed by atoms with Crippen molar-refractivity contribution in [1.82, 2.24) is 25.5 Å². The summed E-state index contributed by atoms with van der Waals surface area (Å²) in [6.07, 6.45) is 1.64. The third-order valence-corrected chi connectivity index (χ3v) is 3.55. The smallest absolute Gasteiger partial charge is 0.233 e. The number of carbonyl (C=O) groups excluding carboxylic acids is 1. The van der Waals surface area contributed by atoms with E-state index in [1.54, 1.807) is 10.8 Å². The fourth-order valence-corrected chi connectivity index (χ4v) is 2.34. The highest BCUT2D eigenvalue weighted by atomic mass is 32.2. The maximum Gasteiger partial charge on any atom is 0.233 e. The summed E-state index contributed by atoms with van der Waals surface area (Å²) < 4.78 is 1.61. The van der Waals surface area contributed by atoms with Crippen molar-refractivity contribution < 1.29 is 4.79 Å². The molecule has 7 heteroatoms. The maximum atomic E-state index is 11.8. The number of aromatic nitrogens is 4. The maximum absolute atomic E-state index is 11.8. The molecule has 0 fully saturated rings. The first-order chi connectivity index (χ1) is 9.72. The van der Waals surface area contributed by atoms with Crippen molar-refractivity contribution in [3.8, 4) is 5.69 Å². The molecule has 0 aliphatic rings. The zero-order valence-electron chi connectivity index (χ0n) is 11.1. The molecule has 1 atom stereocenters. The van der Waals surface area contributed by atoms with Crippen molar-refractivity contribution in [2.75, 3.05) is 6.54 Å². The second-order valence-corrected chi connectivity index (χ2v) is 5.31. The largest absolute Gasteiger partial charge is 0.352 e. The molecule has 20 heavy (non-hydrogen) atoms. The van der Waals surface area contributed by atoms with Crippen LogP contribution in [0.2, 0.25) is 0 Å². The number of thioether (sulfide) groups is 1. The van der Waals surface area contributed by atoms with Gasteiger partial charge in [0.05, 0.1) is 10.9 Å². The van der Waals surface area contributed by atoms with Crippen molar-refractivity contribution in [1.29, 1.82) is 0 Å². The van der Waals surface area contributed by atoms with Gasteiger partial charge in [-0.15, -0.1) is 11.7 Å². The lowest BCUT2D eigenvalue weighted by atomic mass is 10.3. The molecule has 1 unspecified atom stereocenters. The molecule has 0 saturated heterocycles. The van der Waals surface area contributed by atoms with Crippen molar-refractivity contribution in [3.05, 3.63) is 43.0 Å². The Morgan fingerprint density at radius 2 is 2.25 bits per heavy atom. The van der Waals surface area contributed by atoms with Crippen LogP contribution in [-0.2, 0) is 4.79 Å². The van der Waals surface area contributed by atoms with Crippen LogP contribution in [0.3, 0.4) is 0 Å². The van der Waals surface area contributed by atoms with E-state index in [1.165, 1.54) is 11.8 Å². The summed E-state index contributed by atoms with van der Waals surface area (Å²) in [4.78, 5) is 11.8. The highest BCUT2D eigenvalue weighted by Crippen LogP contribution is 2.22. The molecule has 0 saturated carbocycles. The highest BCUT2D eigenvalue weighted by Gasteiger charge is 2.18. The van der Waals surface area contributed by atoms with Gasteiger partial charge in [0.25, 0.3) is 0 Å². The zero-order chi connectivity index (χ0) is 14.4. The summed E-state index contributed by atoms with van der Waals surface area (Å²) in [6.45, 7) is 5.83. The van der Waals surface area contributed by atoms with Crippen LogP contribution in [-0.4, -0.2) is 37.9 Å². The molecule has 0 bridgehead atoms. The first-order valence-corrected chi connectivity index (χ1v) is 6.99. The van der Waals surface area contributed by atoms with Gasteiger partial charge >= 0.3 is 0 Å². The summed E-state index contributed by atoms with van der Waals surface area (Å²) >= 11 is 1.31. The first-order valence-electron chi connectivity index (χ1n) is 6.11. The molecule has 104 valence electrons. The third-order valence-electron chi connectivity index (χ3n) is 2.51. The molecule has 2 aromatic rings. The van der Waals surface area contributed by atoms with E-state index in [-0.39, 0.29) is 11.2 Å². The summed E-state index contributed by atoms with van der Waals surface area (Å²) in [6, 6.07) is 9.55. The summed E-state index contributed by atoms with van der Waals surface area (Å²) in [5.41, 5.74) is 0.860. The SMILES string of the molecule is C=CCNC(=O)C(C)Sc1nnnn1-c1ccccc1. The molecular formula is C13H15N5OS. The van der Waals surface area contributed by atoms with Gasteiger partial charge in [0.1, 0.15) is 0 Å². The van der Waals surface area contributed by atoms with Gasteiger partial charge in [-0.25, -0.2) is 0 Å². The third kappa shape index (κ3) is 3.45. The fourth-order valence-electron chi connectivity index (χ4n) is 1.51. The normalized spacial score (nSPS) is 11.8. The second-order valence-electron chi connectivity index (χ2n) is 4.00. The number of benzene rings is 1. The van der Waals surface area contributed by atoms with Gasteiger partial charge in [0.2, 0.25) is 11.1 Å². The monoisotopic (exact) mass is 289 g/mol. The Morgan fingerprint density at radius 3 is 2.95 bits per heavy atom. The van der Waals surface area contributed by atoms with Crippen LogP contribution in [0.15, 0.2) is 48.1 Å². The van der Waals surface area contributed by atoms with Crippen molar-refractivity contribution >= 4 is 17.7 Å². The van der Waals surface area contributed by atoms with Gasteiger partial charge in [-0.1, -0.05) is 36.0 Å². The molecule has 0 aliphatic carbocycles. The van der Waals surface area contributed by atoms with E-state index >= 15 is 0 Å². The molecule has 1 N–H and O–H groups in total. The lowest BCUT2D eigenvalue weighted by Gasteiger charge is -2.10.